The molecule has 0 bridgehead atoms. The van der Waals surface area contributed by atoms with E-state index in [0.29, 0.717) is 0 Å². The molecule has 0 saturated carbocycles. The molecule has 0 unspecified atom stereocenters. The zero-order chi connectivity index (χ0) is 9.80. The summed E-state index contributed by atoms with van der Waals surface area (Å²) < 4.78 is 5.23. The van der Waals surface area contributed by atoms with E-state index >= 15 is 0 Å². The van der Waals surface area contributed by atoms with Gasteiger partial charge in [0.05, 0.1) is 12.9 Å². The first-order chi connectivity index (χ1) is 6.90. The zero-order valence-corrected chi connectivity index (χ0v) is 8.23. The highest BCUT2D eigenvalue weighted by Crippen LogP contribution is 2.24. The first-order valence-electron chi connectivity index (χ1n) is 4.73. The molecular weight excluding hydrogens is 172 g/mol. The quantitative estimate of drug-likeness (QED) is 0.687. The van der Waals surface area contributed by atoms with Crippen molar-refractivity contribution in [3.8, 4) is 0 Å². The normalized spacial score (nSPS) is 15.8. The smallest absolute Gasteiger partial charge is 0.0967 e. The highest BCUT2D eigenvalue weighted by atomic mass is 16.5. The van der Waals surface area contributed by atoms with Crippen LogP contribution >= 0.6 is 0 Å². The van der Waals surface area contributed by atoms with Gasteiger partial charge >= 0.3 is 0 Å². The predicted octanol–water partition coefficient (Wildman–Crippen LogP) is 3.21. The van der Waals surface area contributed by atoms with Gasteiger partial charge in [-0.25, -0.2) is 0 Å². The third-order valence-electron chi connectivity index (χ3n) is 2.30. The van der Waals surface area contributed by atoms with Crippen molar-refractivity contribution in [2.24, 2.45) is 0 Å². The molecule has 2 rings (SSSR count). The van der Waals surface area contributed by atoms with E-state index in [1.807, 2.05) is 18.2 Å². The lowest BCUT2D eigenvalue weighted by Gasteiger charge is -2.12. The van der Waals surface area contributed by atoms with Gasteiger partial charge in [-0.15, -0.1) is 0 Å². The maximum absolute atomic E-state index is 5.23. The van der Waals surface area contributed by atoms with Crippen LogP contribution in [0.15, 0.2) is 48.2 Å². The zero-order valence-electron chi connectivity index (χ0n) is 8.23. The number of hydrogen-bond donors (Lipinski definition) is 0. The lowest BCUT2D eigenvalue weighted by molar-refractivity contribution is 0.283. The van der Waals surface area contributed by atoms with Crippen LogP contribution in [-0.2, 0) is 4.74 Å². The lowest BCUT2D eigenvalue weighted by atomic mass is 9.99. The van der Waals surface area contributed by atoms with Crippen LogP contribution in [0.3, 0.4) is 0 Å². The van der Waals surface area contributed by atoms with Crippen LogP contribution in [0.25, 0.3) is 5.57 Å². The number of rotatable bonds is 2. The van der Waals surface area contributed by atoms with Crippen molar-refractivity contribution in [3.63, 3.8) is 0 Å². The van der Waals surface area contributed by atoms with E-state index < -0.39 is 0 Å². The van der Waals surface area contributed by atoms with Gasteiger partial charge in [0.2, 0.25) is 0 Å². The lowest BCUT2D eigenvalue weighted by Crippen LogP contribution is -1.94. The minimum atomic E-state index is 0.896. The Morgan fingerprint density at radius 3 is 2.64 bits per heavy atom. The summed E-state index contributed by atoms with van der Waals surface area (Å²) in [5.74, 6) is 1.02. The predicted molar refractivity (Wildman–Crippen MR) is 58.4 cm³/mol. The summed E-state index contributed by atoms with van der Waals surface area (Å²) >= 11 is 0. The van der Waals surface area contributed by atoms with E-state index in [1.54, 1.807) is 7.11 Å². The second-order valence-corrected chi connectivity index (χ2v) is 3.24. The standard InChI is InChI=1S/C13H13O/c1-14-13-9-5-8-12(10-13)11-6-3-2-4-7-11/h2-8,10H,9H2,1H3. The SMILES string of the molecule is COC1=CC(c2ccccc2)=C[CH]C1. The molecule has 0 amide bonds. The monoisotopic (exact) mass is 185 g/mol. The molecule has 1 aliphatic rings. The van der Waals surface area contributed by atoms with Gasteiger partial charge in [-0.3, -0.25) is 0 Å². The molecule has 0 fully saturated rings. The highest BCUT2D eigenvalue weighted by Gasteiger charge is 2.06. The molecule has 0 aliphatic heterocycles. The summed E-state index contributed by atoms with van der Waals surface area (Å²) in [5.41, 5.74) is 2.45. The molecular formula is C13H13O. The van der Waals surface area contributed by atoms with Gasteiger partial charge in [-0.1, -0.05) is 36.4 Å². The minimum Gasteiger partial charge on any atom is -0.501 e. The van der Waals surface area contributed by atoms with Crippen LogP contribution < -0.4 is 0 Å². The van der Waals surface area contributed by atoms with Crippen molar-refractivity contribution in [3.05, 3.63) is 60.2 Å². The maximum Gasteiger partial charge on any atom is 0.0967 e. The molecule has 14 heavy (non-hydrogen) atoms. The second-order valence-electron chi connectivity index (χ2n) is 3.24. The van der Waals surface area contributed by atoms with E-state index in [2.05, 4.69) is 30.7 Å². The van der Waals surface area contributed by atoms with Gasteiger partial charge in [0, 0.05) is 6.42 Å². The van der Waals surface area contributed by atoms with E-state index in [-0.39, 0.29) is 0 Å². The number of methoxy groups -OCH3 is 1. The molecule has 0 heterocycles. The molecule has 1 aliphatic carbocycles. The number of ether oxygens (including phenoxy) is 1. The van der Waals surface area contributed by atoms with E-state index in [1.165, 1.54) is 11.1 Å². The largest absolute Gasteiger partial charge is 0.501 e. The Morgan fingerprint density at radius 2 is 1.93 bits per heavy atom. The second kappa shape index (κ2) is 4.14. The van der Waals surface area contributed by atoms with Crippen molar-refractivity contribution in [1.82, 2.24) is 0 Å². The summed E-state index contributed by atoms with van der Waals surface area (Å²) in [7, 11) is 1.72. The maximum atomic E-state index is 5.23. The van der Waals surface area contributed by atoms with Gasteiger partial charge in [0.15, 0.2) is 0 Å². The first-order valence-corrected chi connectivity index (χ1v) is 4.73. The molecule has 0 saturated heterocycles. The average Bonchev–Trinajstić information content (AvgIpc) is 2.30. The molecule has 0 N–H and O–H groups in total. The van der Waals surface area contributed by atoms with Crippen LogP contribution in [-0.4, -0.2) is 7.11 Å². The Hall–Kier alpha value is -1.50. The van der Waals surface area contributed by atoms with Crippen LogP contribution in [0.5, 0.6) is 0 Å². The Kier molecular flexibility index (Phi) is 2.68. The van der Waals surface area contributed by atoms with E-state index in [9.17, 15) is 0 Å². The van der Waals surface area contributed by atoms with Gasteiger partial charge < -0.3 is 4.74 Å². The molecule has 0 atom stereocenters. The van der Waals surface area contributed by atoms with Gasteiger partial charge in [-0.2, -0.15) is 0 Å². The van der Waals surface area contributed by atoms with Crippen molar-refractivity contribution >= 4 is 5.57 Å². The average molecular weight is 185 g/mol. The number of benzene rings is 1. The molecule has 1 radical (unpaired) electrons. The minimum absolute atomic E-state index is 0.896. The summed E-state index contributed by atoms with van der Waals surface area (Å²) in [5, 5.41) is 0. The van der Waals surface area contributed by atoms with Crippen LogP contribution in [0.4, 0.5) is 0 Å². The van der Waals surface area contributed by atoms with Gasteiger partial charge in [0.1, 0.15) is 0 Å². The number of allylic oxidation sites excluding steroid dienone is 4. The van der Waals surface area contributed by atoms with E-state index in [0.717, 1.165) is 12.2 Å². The molecule has 1 nitrogen and oxygen atoms in total. The molecule has 0 spiro atoms. The van der Waals surface area contributed by atoms with Crippen LogP contribution in [0, 0.1) is 6.42 Å². The van der Waals surface area contributed by atoms with Crippen molar-refractivity contribution in [2.75, 3.05) is 7.11 Å². The van der Waals surface area contributed by atoms with Crippen LogP contribution in [0.2, 0.25) is 0 Å². The topological polar surface area (TPSA) is 9.23 Å². The summed E-state index contributed by atoms with van der Waals surface area (Å²) in [6, 6.07) is 10.3. The van der Waals surface area contributed by atoms with Crippen molar-refractivity contribution in [1.29, 1.82) is 0 Å². The third-order valence-corrected chi connectivity index (χ3v) is 2.30. The summed E-state index contributed by atoms with van der Waals surface area (Å²) in [6.45, 7) is 0. The fraction of sp³-hybridized carbons (Fsp3) is 0.154. The fourth-order valence-electron chi connectivity index (χ4n) is 1.53. The molecule has 1 heteroatoms. The first kappa shape index (κ1) is 9.07. The van der Waals surface area contributed by atoms with Gasteiger partial charge in [-0.05, 0) is 23.6 Å². The molecule has 71 valence electrons. The number of hydrogen-bond acceptors (Lipinski definition) is 1. The van der Waals surface area contributed by atoms with Crippen molar-refractivity contribution in [2.45, 2.75) is 6.42 Å². The van der Waals surface area contributed by atoms with Crippen molar-refractivity contribution < 1.29 is 4.74 Å². The Bertz CT molecular complexity index is 360. The Labute approximate surface area is 84.7 Å². The third kappa shape index (κ3) is 1.87. The highest BCUT2D eigenvalue weighted by molar-refractivity contribution is 5.76. The van der Waals surface area contributed by atoms with E-state index in [4.69, 9.17) is 4.74 Å². The Balaban J connectivity index is 2.28. The fourth-order valence-corrected chi connectivity index (χ4v) is 1.53. The molecule has 0 aromatic heterocycles. The Morgan fingerprint density at radius 1 is 1.14 bits per heavy atom. The van der Waals surface area contributed by atoms with Crippen LogP contribution in [0.1, 0.15) is 12.0 Å². The molecule has 1 aromatic carbocycles. The van der Waals surface area contributed by atoms with Gasteiger partial charge in [0.25, 0.3) is 0 Å². The molecule has 1 aromatic rings. The summed E-state index contributed by atoms with van der Waals surface area (Å²) in [6.07, 6.45) is 7.25. The summed E-state index contributed by atoms with van der Waals surface area (Å²) in [4.78, 5) is 0.